The molecule has 0 bridgehead atoms. The highest BCUT2D eigenvalue weighted by Crippen LogP contribution is 2.20. The van der Waals surface area contributed by atoms with E-state index >= 15 is 0 Å². The molecule has 1 atom stereocenters. The number of carbonyl (C=O) groups excluding carboxylic acids is 3. The summed E-state index contributed by atoms with van der Waals surface area (Å²) in [4.78, 5) is 35.8. The Balaban J connectivity index is 1.67. The SMILES string of the molecule is CNC(=O)c1cccc(NC(=O)Nc2ccn(C3CCNC3=O)n2)c1C. The number of aromatic nitrogens is 2. The summed E-state index contributed by atoms with van der Waals surface area (Å²) in [5.41, 5.74) is 1.68. The zero-order valence-electron chi connectivity index (χ0n) is 14.5. The Morgan fingerprint density at radius 1 is 1.27 bits per heavy atom. The molecule has 0 radical (unpaired) electrons. The number of carbonyl (C=O) groups is 3. The fourth-order valence-corrected chi connectivity index (χ4v) is 2.83. The molecule has 2 aromatic rings. The summed E-state index contributed by atoms with van der Waals surface area (Å²) in [6.07, 6.45) is 2.32. The summed E-state index contributed by atoms with van der Waals surface area (Å²) in [7, 11) is 1.55. The first-order chi connectivity index (χ1) is 12.5. The molecule has 1 aromatic heterocycles. The van der Waals surface area contributed by atoms with Crippen LogP contribution in [0.4, 0.5) is 16.3 Å². The minimum Gasteiger partial charge on any atom is -0.355 e. The van der Waals surface area contributed by atoms with Crippen molar-refractivity contribution in [1.29, 1.82) is 0 Å². The number of benzene rings is 1. The summed E-state index contributed by atoms with van der Waals surface area (Å²) in [6.45, 7) is 2.38. The van der Waals surface area contributed by atoms with E-state index in [0.717, 1.165) is 0 Å². The fourth-order valence-electron chi connectivity index (χ4n) is 2.83. The molecule has 1 unspecified atom stereocenters. The lowest BCUT2D eigenvalue weighted by molar-refractivity contribution is -0.122. The van der Waals surface area contributed by atoms with Crippen LogP contribution in [0.5, 0.6) is 0 Å². The van der Waals surface area contributed by atoms with Crippen LogP contribution < -0.4 is 21.3 Å². The van der Waals surface area contributed by atoms with Crippen molar-refractivity contribution in [3.63, 3.8) is 0 Å². The van der Waals surface area contributed by atoms with E-state index in [1.165, 1.54) is 4.68 Å². The van der Waals surface area contributed by atoms with Crippen LogP contribution in [0.2, 0.25) is 0 Å². The topological polar surface area (TPSA) is 117 Å². The molecule has 4 amide bonds. The second-order valence-electron chi connectivity index (χ2n) is 5.91. The predicted molar refractivity (Wildman–Crippen MR) is 96.1 cm³/mol. The molecule has 4 N–H and O–H groups in total. The third kappa shape index (κ3) is 3.51. The average Bonchev–Trinajstić information content (AvgIpc) is 3.24. The molecule has 26 heavy (non-hydrogen) atoms. The molecule has 0 aliphatic carbocycles. The van der Waals surface area contributed by atoms with Crippen molar-refractivity contribution >= 4 is 29.4 Å². The van der Waals surface area contributed by atoms with Gasteiger partial charge in [-0.05, 0) is 31.0 Å². The first-order valence-corrected chi connectivity index (χ1v) is 8.22. The summed E-state index contributed by atoms with van der Waals surface area (Å²) in [6, 6.07) is 5.89. The van der Waals surface area contributed by atoms with Crippen LogP contribution in [0.25, 0.3) is 0 Å². The highest BCUT2D eigenvalue weighted by atomic mass is 16.2. The lowest BCUT2D eigenvalue weighted by Gasteiger charge is -2.12. The van der Waals surface area contributed by atoms with Crippen LogP contribution in [-0.2, 0) is 4.79 Å². The van der Waals surface area contributed by atoms with Crippen LogP contribution in [-0.4, -0.2) is 41.2 Å². The van der Waals surface area contributed by atoms with Gasteiger partial charge in [0.25, 0.3) is 5.91 Å². The minimum atomic E-state index is -0.483. The Morgan fingerprint density at radius 2 is 2.08 bits per heavy atom. The van der Waals surface area contributed by atoms with E-state index in [1.807, 2.05) is 0 Å². The lowest BCUT2D eigenvalue weighted by atomic mass is 10.1. The number of urea groups is 1. The summed E-state index contributed by atoms with van der Waals surface area (Å²) >= 11 is 0. The maximum Gasteiger partial charge on any atom is 0.324 e. The Morgan fingerprint density at radius 3 is 2.77 bits per heavy atom. The van der Waals surface area contributed by atoms with E-state index in [1.54, 1.807) is 44.4 Å². The predicted octanol–water partition coefficient (Wildman–Crippen LogP) is 1.26. The molecule has 1 saturated heterocycles. The Bertz CT molecular complexity index is 860. The van der Waals surface area contributed by atoms with Crippen LogP contribution in [0.3, 0.4) is 0 Å². The van der Waals surface area contributed by atoms with Gasteiger partial charge in [-0.2, -0.15) is 5.10 Å². The molecule has 2 heterocycles. The first kappa shape index (κ1) is 17.5. The number of nitrogens with one attached hydrogen (secondary N) is 4. The largest absolute Gasteiger partial charge is 0.355 e. The van der Waals surface area contributed by atoms with Gasteiger partial charge in [-0.15, -0.1) is 0 Å². The minimum absolute atomic E-state index is 0.0780. The lowest BCUT2D eigenvalue weighted by Crippen LogP contribution is -2.24. The van der Waals surface area contributed by atoms with Crippen molar-refractivity contribution < 1.29 is 14.4 Å². The molecule has 136 valence electrons. The van der Waals surface area contributed by atoms with E-state index in [4.69, 9.17) is 0 Å². The highest BCUT2D eigenvalue weighted by Gasteiger charge is 2.26. The van der Waals surface area contributed by atoms with Crippen LogP contribution in [0, 0.1) is 6.92 Å². The summed E-state index contributed by atoms with van der Waals surface area (Å²) in [5, 5.41) is 14.9. The quantitative estimate of drug-likeness (QED) is 0.659. The number of hydrogen-bond donors (Lipinski definition) is 4. The van der Waals surface area contributed by atoms with E-state index in [9.17, 15) is 14.4 Å². The molecule has 3 rings (SSSR count). The van der Waals surface area contributed by atoms with Crippen molar-refractivity contribution in [3.8, 4) is 0 Å². The van der Waals surface area contributed by atoms with E-state index in [2.05, 4.69) is 26.4 Å². The van der Waals surface area contributed by atoms with E-state index in [0.29, 0.717) is 35.6 Å². The third-order valence-electron chi connectivity index (χ3n) is 4.24. The van der Waals surface area contributed by atoms with Crippen molar-refractivity contribution in [2.45, 2.75) is 19.4 Å². The van der Waals surface area contributed by atoms with Crippen LogP contribution >= 0.6 is 0 Å². The number of hydrogen-bond acceptors (Lipinski definition) is 4. The second-order valence-corrected chi connectivity index (χ2v) is 5.91. The number of rotatable bonds is 4. The molecule has 0 saturated carbocycles. The van der Waals surface area contributed by atoms with Crippen molar-refractivity contribution in [2.24, 2.45) is 0 Å². The highest BCUT2D eigenvalue weighted by molar-refractivity contribution is 6.02. The van der Waals surface area contributed by atoms with Gasteiger partial charge in [0.1, 0.15) is 6.04 Å². The molecule has 9 nitrogen and oxygen atoms in total. The molecule has 1 aliphatic rings. The molecule has 1 aromatic carbocycles. The Labute approximate surface area is 150 Å². The monoisotopic (exact) mass is 356 g/mol. The Hall–Kier alpha value is -3.36. The van der Waals surface area contributed by atoms with Crippen LogP contribution in [0.15, 0.2) is 30.5 Å². The summed E-state index contributed by atoms with van der Waals surface area (Å²) < 4.78 is 1.54. The molecule has 0 spiro atoms. The molecular weight excluding hydrogens is 336 g/mol. The van der Waals surface area contributed by atoms with Gasteiger partial charge in [-0.25, -0.2) is 4.79 Å². The van der Waals surface area contributed by atoms with Gasteiger partial charge in [0.15, 0.2) is 5.82 Å². The zero-order valence-corrected chi connectivity index (χ0v) is 14.5. The third-order valence-corrected chi connectivity index (χ3v) is 4.24. The van der Waals surface area contributed by atoms with Crippen LogP contribution in [0.1, 0.15) is 28.4 Å². The van der Waals surface area contributed by atoms with Gasteiger partial charge >= 0.3 is 6.03 Å². The standard InChI is InChI=1S/C17H20N6O3/c1-10-11(15(24)18-2)4-3-5-12(10)20-17(26)21-14-7-9-23(22-14)13-6-8-19-16(13)25/h3-5,7,9,13H,6,8H2,1-2H3,(H,18,24)(H,19,25)(H2,20,21,22,26). The Kier molecular flexibility index (Phi) is 4.87. The second kappa shape index (κ2) is 7.26. The van der Waals surface area contributed by atoms with Crippen molar-refractivity contribution in [1.82, 2.24) is 20.4 Å². The number of anilines is 2. The van der Waals surface area contributed by atoms with E-state index < -0.39 is 6.03 Å². The molecule has 1 fully saturated rings. The van der Waals surface area contributed by atoms with E-state index in [-0.39, 0.29) is 17.9 Å². The van der Waals surface area contributed by atoms with Gasteiger partial charge in [0, 0.05) is 37.1 Å². The van der Waals surface area contributed by atoms with Crippen molar-refractivity contribution in [2.75, 3.05) is 24.2 Å². The maximum absolute atomic E-state index is 12.2. The number of nitrogens with zero attached hydrogens (tertiary/aromatic N) is 2. The van der Waals surface area contributed by atoms with Gasteiger partial charge in [-0.1, -0.05) is 6.07 Å². The number of amides is 4. The van der Waals surface area contributed by atoms with Crippen molar-refractivity contribution in [3.05, 3.63) is 41.6 Å². The summed E-state index contributed by atoms with van der Waals surface area (Å²) in [5.74, 6) is 0.0354. The average molecular weight is 356 g/mol. The molecular formula is C17H20N6O3. The first-order valence-electron chi connectivity index (χ1n) is 8.22. The zero-order chi connectivity index (χ0) is 18.7. The maximum atomic E-state index is 12.2. The van der Waals surface area contributed by atoms with Gasteiger partial charge in [0.2, 0.25) is 5.91 Å². The normalized spacial score (nSPS) is 16.1. The smallest absolute Gasteiger partial charge is 0.324 e. The van der Waals surface area contributed by atoms with Gasteiger partial charge in [0.05, 0.1) is 0 Å². The molecule has 9 heteroatoms. The fraction of sp³-hybridized carbons (Fsp3) is 0.294. The van der Waals surface area contributed by atoms with Gasteiger partial charge < -0.3 is 16.0 Å². The van der Waals surface area contributed by atoms with Gasteiger partial charge in [-0.3, -0.25) is 19.6 Å². The molecule has 1 aliphatic heterocycles.